The average Bonchev–Trinajstić information content (AvgIpc) is 2.78. The van der Waals surface area contributed by atoms with Gasteiger partial charge in [-0.15, -0.1) is 10.2 Å². The smallest absolute Gasteiger partial charge is 0.396 e. The Bertz CT molecular complexity index is 509. The van der Waals surface area contributed by atoms with Crippen molar-refractivity contribution in [2.45, 2.75) is 0 Å². The van der Waals surface area contributed by atoms with E-state index in [0.29, 0.717) is 10.7 Å². The highest BCUT2D eigenvalue weighted by atomic mass is 35.5. The molecule has 0 aromatic carbocycles. The molecule has 16 heavy (non-hydrogen) atoms. The summed E-state index contributed by atoms with van der Waals surface area (Å²) in [5.74, 6) is -0.765. The SMILES string of the molecule is COC(=O)c1nnc(-c2ccc(Cl)cn2)o1. The van der Waals surface area contributed by atoms with Crippen LogP contribution in [0.15, 0.2) is 22.7 Å². The summed E-state index contributed by atoms with van der Waals surface area (Å²) in [6.45, 7) is 0. The summed E-state index contributed by atoms with van der Waals surface area (Å²) in [6.07, 6.45) is 1.44. The number of hydrogen-bond donors (Lipinski definition) is 0. The van der Waals surface area contributed by atoms with Gasteiger partial charge in [-0.25, -0.2) is 9.78 Å². The van der Waals surface area contributed by atoms with Crippen molar-refractivity contribution in [3.63, 3.8) is 0 Å². The van der Waals surface area contributed by atoms with Crippen LogP contribution in [0, 0.1) is 0 Å². The van der Waals surface area contributed by atoms with Crippen molar-refractivity contribution in [1.82, 2.24) is 15.2 Å². The lowest BCUT2D eigenvalue weighted by atomic mass is 10.3. The second-order valence-electron chi connectivity index (χ2n) is 2.77. The Morgan fingerprint density at radius 2 is 2.25 bits per heavy atom. The predicted molar refractivity (Wildman–Crippen MR) is 53.9 cm³/mol. The van der Waals surface area contributed by atoms with Crippen LogP contribution in [0.2, 0.25) is 5.02 Å². The zero-order valence-electron chi connectivity index (χ0n) is 8.18. The van der Waals surface area contributed by atoms with Gasteiger partial charge in [-0.2, -0.15) is 0 Å². The Balaban J connectivity index is 2.31. The highest BCUT2D eigenvalue weighted by molar-refractivity contribution is 6.30. The van der Waals surface area contributed by atoms with Gasteiger partial charge in [-0.1, -0.05) is 11.6 Å². The summed E-state index contributed by atoms with van der Waals surface area (Å²) in [7, 11) is 1.23. The Labute approximate surface area is 95.2 Å². The number of carbonyl (C=O) groups is 1. The fourth-order valence-electron chi connectivity index (χ4n) is 0.999. The number of methoxy groups -OCH3 is 1. The molecule has 0 amide bonds. The largest absolute Gasteiger partial charge is 0.462 e. The van der Waals surface area contributed by atoms with Crippen LogP contribution in [0.1, 0.15) is 10.7 Å². The van der Waals surface area contributed by atoms with E-state index in [0.717, 1.165) is 0 Å². The quantitative estimate of drug-likeness (QED) is 0.741. The van der Waals surface area contributed by atoms with E-state index in [1.54, 1.807) is 12.1 Å². The third-order valence-corrected chi connectivity index (χ3v) is 1.96. The summed E-state index contributed by atoms with van der Waals surface area (Å²) in [5, 5.41) is 7.68. The molecule has 2 heterocycles. The highest BCUT2D eigenvalue weighted by Crippen LogP contribution is 2.17. The Kier molecular flexibility index (Phi) is 2.82. The molecule has 0 aliphatic rings. The summed E-state index contributed by atoms with van der Waals surface area (Å²) in [5.41, 5.74) is 0.437. The normalized spacial score (nSPS) is 10.1. The maximum absolute atomic E-state index is 11.1. The number of carbonyl (C=O) groups excluding carboxylic acids is 1. The van der Waals surface area contributed by atoms with E-state index in [2.05, 4.69) is 19.9 Å². The zero-order valence-corrected chi connectivity index (χ0v) is 8.93. The lowest BCUT2D eigenvalue weighted by molar-refractivity contribution is 0.0556. The molecule has 2 rings (SSSR count). The molecule has 0 saturated heterocycles. The first kappa shape index (κ1) is 10.6. The molecule has 0 N–H and O–H groups in total. The van der Waals surface area contributed by atoms with E-state index in [1.807, 2.05) is 0 Å². The maximum Gasteiger partial charge on any atom is 0.396 e. The molecule has 6 nitrogen and oxygen atoms in total. The Morgan fingerprint density at radius 1 is 1.44 bits per heavy atom. The molecule has 0 unspecified atom stereocenters. The molecule has 7 heteroatoms. The van der Waals surface area contributed by atoms with Gasteiger partial charge in [0.1, 0.15) is 5.69 Å². The van der Waals surface area contributed by atoms with Crippen LogP contribution in [0.4, 0.5) is 0 Å². The molecule has 0 radical (unpaired) electrons. The number of halogens is 1. The number of aromatic nitrogens is 3. The maximum atomic E-state index is 11.1. The lowest BCUT2D eigenvalue weighted by Gasteiger charge is -1.93. The number of pyridine rings is 1. The van der Waals surface area contributed by atoms with Gasteiger partial charge in [0.15, 0.2) is 0 Å². The summed E-state index contributed by atoms with van der Waals surface area (Å²) in [4.78, 5) is 15.0. The van der Waals surface area contributed by atoms with Gasteiger partial charge in [-0.3, -0.25) is 0 Å². The molecular weight excluding hydrogens is 234 g/mol. The first-order valence-electron chi connectivity index (χ1n) is 4.24. The van der Waals surface area contributed by atoms with Crippen molar-refractivity contribution in [2.24, 2.45) is 0 Å². The minimum Gasteiger partial charge on any atom is -0.462 e. The van der Waals surface area contributed by atoms with Gasteiger partial charge in [0, 0.05) is 6.20 Å². The van der Waals surface area contributed by atoms with Crippen LogP contribution >= 0.6 is 11.6 Å². The van der Waals surface area contributed by atoms with Gasteiger partial charge in [0.2, 0.25) is 0 Å². The zero-order chi connectivity index (χ0) is 11.5. The second kappa shape index (κ2) is 4.28. The molecule has 0 atom stereocenters. The molecule has 0 spiro atoms. The molecule has 0 fully saturated rings. The van der Waals surface area contributed by atoms with Crippen molar-refractivity contribution in [3.05, 3.63) is 29.2 Å². The Hall–Kier alpha value is -1.95. The van der Waals surface area contributed by atoms with Gasteiger partial charge in [0.05, 0.1) is 12.1 Å². The number of rotatable bonds is 2. The van der Waals surface area contributed by atoms with E-state index < -0.39 is 5.97 Å². The third kappa shape index (κ3) is 2.01. The van der Waals surface area contributed by atoms with Crippen LogP contribution in [-0.4, -0.2) is 28.3 Å². The first-order chi connectivity index (χ1) is 7.70. The number of hydrogen-bond acceptors (Lipinski definition) is 6. The second-order valence-corrected chi connectivity index (χ2v) is 3.20. The minimum absolute atomic E-state index is 0.136. The van der Waals surface area contributed by atoms with E-state index in [-0.39, 0.29) is 11.8 Å². The molecule has 82 valence electrons. The van der Waals surface area contributed by atoms with Crippen molar-refractivity contribution in [1.29, 1.82) is 0 Å². The molecule has 2 aromatic heterocycles. The van der Waals surface area contributed by atoms with Crippen LogP contribution in [0.25, 0.3) is 11.6 Å². The summed E-state index contributed by atoms with van der Waals surface area (Å²) < 4.78 is 9.49. The summed E-state index contributed by atoms with van der Waals surface area (Å²) in [6, 6.07) is 3.24. The first-order valence-corrected chi connectivity index (χ1v) is 4.62. The number of nitrogens with zero attached hydrogens (tertiary/aromatic N) is 3. The van der Waals surface area contributed by atoms with Crippen LogP contribution in [-0.2, 0) is 4.74 Å². The number of esters is 1. The fourth-order valence-corrected chi connectivity index (χ4v) is 1.11. The third-order valence-electron chi connectivity index (χ3n) is 1.73. The van der Waals surface area contributed by atoms with Gasteiger partial charge < -0.3 is 9.15 Å². The lowest BCUT2D eigenvalue weighted by Crippen LogP contribution is -2.00. The fraction of sp³-hybridized carbons (Fsp3) is 0.111. The van der Waals surface area contributed by atoms with E-state index in [1.165, 1.54) is 13.3 Å². The molecule has 0 aliphatic carbocycles. The van der Waals surface area contributed by atoms with Gasteiger partial charge in [-0.05, 0) is 12.1 Å². The average molecular weight is 240 g/mol. The topological polar surface area (TPSA) is 78.1 Å². The molecule has 0 aliphatic heterocycles. The Morgan fingerprint density at radius 3 is 2.88 bits per heavy atom. The monoisotopic (exact) mass is 239 g/mol. The number of ether oxygens (including phenoxy) is 1. The van der Waals surface area contributed by atoms with Gasteiger partial charge in [0.25, 0.3) is 5.89 Å². The van der Waals surface area contributed by atoms with Crippen molar-refractivity contribution in [3.8, 4) is 11.6 Å². The molecule has 0 bridgehead atoms. The summed E-state index contributed by atoms with van der Waals surface area (Å²) >= 11 is 5.67. The van der Waals surface area contributed by atoms with Gasteiger partial charge >= 0.3 is 11.9 Å². The van der Waals surface area contributed by atoms with Crippen LogP contribution < -0.4 is 0 Å². The molecule has 0 saturated carbocycles. The van der Waals surface area contributed by atoms with Crippen molar-refractivity contribution >= 4 is 17.6 Å². The van der Waals surface area contributed by atoms with Crippen LogP contribution in [0.3, 0.4) is 0 Å². The molecule has 2 aromatic rings. The van der Waals surface area contributed by atoms with E-state index in [9.17, 15) is 4.79 Å². The molecular formula is C9H6ClN3O3. The predicted octanol–water partition coefficient (Wildman–Crippen LogP) is 1.57. The van der Waals surface area contributed by atoms with Crippen LogP contribution in [0.5, 0.6) is 0 Å². The standard InChI is InChI=1S/C9H6ClN3O3/c1-15-9(14)8-13-12-7(16-8)6-3-2-5(10)4-11-6/h2-4H,1H3. The highest BCUT2D eigenvalue weighted by Gasteiger charge is 2.16. The van der Waals surface area contributed by atoms with Crippen molar-refractivity contribution in [2.75, 3.05) is 7.11 Å². The van der Waals surface area contributed by atoms with E-state index in [4.69, 9.17) is 16.0 Å². The minimum atomic E-state index is -0.687. The van der Waals surface area contributed by atoms with Crippen molar-refractivity contribution < 1.29 is 13.9 Å². The van der Waals surface area contributed by atoms with E-state index >= 15 is 0 Å².